The maximum atomic E-state index is 12.9. The van der Waals surface area contributed by atoms with E-state index in [4.69, 9.17) is 0 Å². The van der Waals surface area contributed by atoms with E-state index in [9.17, 15) is 9.50 Å². The molecule has 5 nitrogen and oxygen atoms in total. The van der Waals surface area contributed by atoms with Crippen molar-refractivity contribution in [1.29, 1.82) is 0 Å². The number of halogens is 1. The van der Waals surface area contributed by atoms with Crippen molar-refractivity contribution in [3.8, 4) is 0 Å². The van der Waals surface area contributed by atoms with Crippen LogP contribution in [-0.2, 0) is 0 Å². The number of hydrogen-bond donors (Lipinski definition) is 3. The molecule has 24 heavy (non-hydrogen) atoms. The van der Waals surface area contributed by atoms with Crippen LogP contribution in [0.25, 0.3) is 0 Å². The maximum absolute atomic E-state index is 12.9. The van der Waals surface area contributed by atoms with E-state index in [1.807, 2.05) is 6.92 Å². The Labute approximate surface area is 144 Å². The zero-order valence-electron chi connectivity index (χ0n) is 14.6. The van der Waals surface area contributed by atoms with Gasteiger partial charge < -0.3 is 15.7 Å². The van der Waals surface area contributed by atoms with E-state index in [0.29, 0.717) is 17.6 Å². The van der Waals surface area contributed by atoms with Gasteiger partial charge in [0.2, 0.25) is 0 Å². The number of rotatable bonds is 7. The molecular weight excluding hydrogens is 307 g/mol. The molecule has 0 spiro atoms. The molecule has 0 amide bonds. The van der Waals surface area contributed by atoms with E-state index < -0.39 is 6.10 Å². The average molecular weight is 336 g/mol. The van der Waals surface area contributed by atoms with E-state index >= 15 is 0 Å². The largest absolute Gasteiger partial charge is 0.386 e. The van der Waals surface area contributed by atoms with Gasteiger partial charge in [-0.1, -0.05) is 19.1 Å². The number of aliphatic hydroxyl groups is 1. The van der Waals surface area contributed by atoms with Crippen LogP contribution >= 0.6 is 0 Å². The fraction of sp³-hybridized carbons (Fsp3) is 0.611. The van der Waals surface area contributed by atoms with Crippen LogP contribution in [0.2, 0.25) is 0 Å². The monoisotopic (exact) mass is 336 g/mol. The van der Waals surface area contributed by atoms with Crippen molar-refractivity contribution >= 4 is 5.96 Å². The first kappa shape index (κ1) is 18.7. The van der Waals surface area contributed by atoms with E-state index in [1.165, 1.54) is 31.5 Å². The second-order valence-electron chi connectivity index (χ2n) is 6.09. The molecule has 3 N–H and O–H groups in total. The first-order valence-electron chi connectivity index (χ1n) is 8.83. The van der Waals surface area contributed by atoms with Crippen molar-refractivity contribution in [2.45, 2.75) is 38.8 Å². The Morgan fingerprint density at radius 2 is 2.08 bits per heavy atom. The molecule has 2 atom stereocenters. The molecule has 0 aliphatic carbocycles. The SMILES string of the molecule is CCNC(=NCC(O)c1ccc(F)cc1)NCC1CCCN1CC. The summed E-state index contributed by atoms with van der Waals surface area (Å²) in [6.07, 6.45) is 1.72. The second kappa shape index (κ2) is 9.59. The summed E-state index contributed by atoms with van der Waals surface area (Å²) in [5.41, 5.74) is 0.670. The fourth-order valence-electron chi connectivity index (χ4n) is 3.07. The smallest absolute Gasteiger partial charge is 0.191 e. The van der Waals surface area contributed by atoms with Crippen molar-refractivity contribution < 1.29 is 9.50 Å². The van der Waals surface area contributed by atoms with Crippen molar-refractivity contribution in [3.63, 3.8) is 0 Å². The lowest BCUT2D eigenvalue weighted by atomic mass is 10.1. The van der Waals surface area contributed by atoms with Crippen LogP contribution in [0.5, 0.6) is 0 Å². The number of likely N-dealkylation sites (tertiary alicyclic amines) is 1. The van der Waals surface area contributed by atoms with Gasteiger partial charge in [-0.05, 0) is 50.6 Å². The van der Waals surface area contributed by atoms with E-state index in [-0.39, 0.29) is 12.4 Å². The van der Waals surface area contributed by atoms with Gasteiger partial charge in [0.1, 0.15) is 5.82 Å². The predicted octanol–water partition coefficient (Wildman–Crippen LogP) is 1.90. The number of benzene rings is 1. The molecule has 134 valence electrons. The third kappa shape index (κ3) is 5.46. The van der Waals surface area contributed by atoms with Crippen molar-refractivity contribution in [3.05, 3.63) is 35.6 Å². The zero-order chi connectivity index (χ0) is 17.4. The van der Waals surface area contributed by atoms with Gasteiger partial charge in [0.15, 0.2) is 5.96 Å². The van der Waals surface area contributed by atoms with Crippen molar-refractivity contribution in [2.75, 3.05) is 32.7 Å². The molecule has 0 bridgehead atoms. The molecule has 2 rings (SSSR count). The highest BCUT2D eigenvalue weighted by molar-refractivity contribution is 5.79. The Bertz CT molecular complexity index is 520. The second-order valence-corrected chi connectivity index (χ2v) is 6.09. The first-order chi connectivity index (χ1) is 11.6. The highest BCUT2D eigenvalue weighted by Crippen LogP contribution is 2.16. The summed E-state index contributed by atoms with van der Waals surface area (Å²) in [5.74, 6) is 0.406. The summed E-state index contributed by atoms with van der Waals surface area (Å²) in [4.78, 5) is 6.93. The van der Waals surface area contributed by atoms with Crippen LogP contribution in [0.3, 0.4) is 0 Å². The lowest BCUT2D eigenvalue weighted by molar-refractivity contribution is 0.187. The van der Waals surface area contributed by atoms with Gasteiger partial charge in [-0.2, -0.15) is 0 Å². The molecule has 1 saturated heterocycles. The summed E-state index contributed by atoms with van der Waals surface area (Å²) in [5, 5.41) is 16.8. The summed E-state index contributed by atoms with van der Waals surface area (Å²) < 4.78 is 12.9. The number of aliphatic imine (C=N–C) groups is 1. The Kier molecular flexibility index (Phi) is 7.46. The molecule has 2 unspecified atom stereocenters. The number of guanidine groups is 1. The highest BCUT2D eigenvalue weighted by Gasteiger charge is 2.22. The van der Waals surface area contributed by atoms with Crippen LogP contribution in [0.1, 0.15) is 38.4 Å². The van der Waals surface area contributed by atoms with Crippen LogP contribution in [0, 0.1) is 5.82 Å². The predicted molar refractivity (Wildman–Crippen MR) is 95.6 cm³/mol. The summed E-state index contributed by atoms with van der Waals surface area (Å²) >= 11 is 0. The molecule has 6 heteroatoms. The van der Waals surface area contributed by atoms with Crippen LogP contribution < -0.4 is 10.6 Å². The normalized spacial score (nSPS) is 20.2. The minimum atomic E-state index is -0.736. The van der Waals surface area contributed by atoms with Gasteiger partial charge in [-0.25, -0.2) is 4.39 Å². The first-order valence-corrected chi connectivity index (χ1v) is 8.83. The molecule has 1 aromatic carbocycles. The minimum absolute atomic E-state index is 0.239. The molecule has 1 fully saturated rings. The van der Waals surface area contributed by atoms with Crippen molar-refractivity contribution in [1.82, 2.24) is 15.5 Å². The van der Waals surface area contributed by atoms with Gasteiger partial charge >= 0.3 is 0 Å². The van der Waals surface area contributed by atoms with E-state index in [0.717, 1.165) is 19.6 Å². The lowest BCUT2D eigenvalue weighted by Crippen LogP contribution is -2.45. The number of nitrogens with one attached hydrogen (secondary N) is 2. The van der Waals surface area contributed by atoms with Crippen molar-refractivity contribution in [2.24, 2.45) is 4.99 Å². The number of aliphatic hydroxyl groups excluding tert-OH is 1. The van der Waals surface area contributed by atoms with Gasteiger partial charge in [0, 0.05) is 19.1 Å². The molecule has 1 aliphatic heterocycles. The molecule has 1 aliphatic rings. The molecule has 1 heterocycles. The Balaban J connectivity index is 1.88. The Morgan fingerprint density at radius 1 is 1.33 bits per heavy atom. The van der Waals surface area contributed by atoms with Crippen LogP contribution in [0.4, 0.5) is 4.39 Å². The topological polar surface area (TPSA) is 59.9 Å². The fourth-order valence-corrected chi connectivity index (χ4v) is 3.07. The number of nitrogens with zero attached hydrogens (tertiary/aromatic N) is 2. The van der Waals surface area contributed by atoms with Gasteiger partial charge in [-0.15, -0.1) is 0 Å². The number of likely N-dealkylation sites (N-methyl/N-ethyl adjacent to an activating group) is 1. The third-order valence-electron chi connectivity index (χ3n) is 4.43. The maximum Gasteiger partial charge on any atom is 0.191 e. The van der Waals surface area contributed by atoms with E-state index in [2.05, 4.69) is 27.4 Å². The molecule has 1 aromatic rings. The van der Waals surface area contributed by atoms with Crippen LogP contribution in [0.15, 0.2) is 29.3 Å². The minimum Gasteiger partial charge on any atom is -0.386 e. The summed E-state index contributed by atoms with van der Waals surface area (Å²) in [7, 11) is 0. The standard InChI is InChI=1S/C18H29FN4O/c1-3-20-18(21-12-16-6-5-11-23(16)4-2)22-13-17(24)14-7-9-15(19)10-8-14/h7-10,16-17,24H,3-6,11-13H2,1-2H3,(H2,20,21,22). The molecule has 0 aromatic heterocycles. The van der Waals surface area contributed by atoms with E-state index in [1.54, 1.807) is 12.1 Å². The average Bonchev–Trinajstić information content (AvgIpc) is 3.05. The van der Waals surface area contributed by atoms with Gasteiger partial charge in [0.25, 0.3) is 0 Å². The molecular formula is C18H29FN4O. The summed E-state index contributed by atoms with van der Waals surface area (Å²) in [6.45, 7) is 8.30. The highest BCUT2D eigenvalue weighted by atomic mass is 19.1. The Hall–Kier alpha value is -1.66. The van der Waals surface area contributed by atoms with Gasteiger partial charge in [0.05, 0.1) is 12.6 Å². The lowest BCUT2D eigenvalue weighted by Gasteiger charge is -2.24. The summed E-state index contributed by atoms with van der Waals surface area (Å²) in [6, 6.07) is 6.43. The third-order valence-corrected chi connectivity index (χ3v) is 4.43. The quantitative estimate of drug-likeness (QED) is 0.526. The van der Waals surface area contributed by atoms with Gasteiger partial charge in [-0.3, -0.25) is 9.89 Å². The molecule has 0 saturated carbocycles. The zero-order valence-corrected chi connectivity index (χ0v) is 14.6. The van der Waals surface area contributed by atoms with Crippen LogP contribution in [-0.4, -0.2) is 54.7 Å². The molecule has 0 radical (unpaired) electrons. The number of hydrogen-bond acceptors (Lipinski definition) is 3. The Morgan fingerprint density at radius 3 is 2.75 bits per heavy atom.